The van der Waals surface area contributed by atoms with E-state index in [4.69, 9.17) is 9.47 Å². The number of hydrogen-bond donors (Lipinski definition) is 1. The molecule has 0 bridgehead atoms. The van der Waals surface area contributed by atoms with Crippen LogP contribution in [0.5, 0.6) is 11.5 Å². The summed E-state index contributed by atoms with van der Waals surface area (Å²) in [5.41, 5.74) is 1.72. The SMILES string of the molecule is CCn1c(SCC(=O)NCc2ccc(F)cc2)nnc1-c1ccc2c(c1)OCCO2. The number of rotatable bonds is 7. The first-order chi connectivity index (χ1) is 14.6. The van der Waals surface area contributed by atoms with E-state index in [9.17, 15) is 9.18 Å². The average Bonchev–Trinajstić information content (AvgIpc) is 3.20. The molecular weight excluding hydrogens is 407 g/mol. The maximum absolute atomic E-state index is 13.0. The molecule has 1 aromatic heterocycles. The molecule has 1 aliphatic rings. The van der Waals surface area contributed by atoms with Gasteiger partial charge in [0, 0.05) is 18.7 Å². The Labute approximate surface area is 177 Å². The molecule has 2 aromatic carbocycles. The molecule has 2 heterocycles. The third kappa shape index (κ3) is 4.56. The van der Waals surface area contributed by atoms with E-state index in [1.807, 2.05) is 29.7 Å². The molecule has 0 fully saturated rings. The quantitative estimate of drug-likeness (QED) is 0.582. The van der Waals surface area contributed by atoms with Crippen molar-refractivity contribution < 1.29 is 18.7 Å². The van der Waals surface area contributed by atoms with Crippen LogP contribution in [0.4, 0.5) is 4.39 Å². The minimum absolute atomic E-state index is 0.129. The number of nitrogens with zero attached hydrogens (tertiary/aromatic N) is 3. The van der Waals surface area contributed by atoms with Crippen LogP contribution in [0, 0.1) is 5.82 Å². The maximum atomic E-state index is 13.0. The summed E-state index contributed by atoms with van der Waals surface area (Å²) < 4.78 is 26.1. The molecule has 0 radical (unpaired) electrons. The van der Waals surface area contributed by atoms with Crippen molar-refractivity contribution in [2.75, 3.05) is 19.0 Å². The van der Waals surface area contributed by atoms with Crippen LogP contribution in [0.1, 0.15) is 12.5 Å². The van der Waals surface area contributed by atoms with Crippen molar-refractivity contribution >= 4 is 17.7 Å². The van der Waals surface area contributed by atoms with Gasteiger partial charge in [-0.3, -0.25) is 4.79 Å². The van der Waals surface area contributed by atoms with Gasteiger partial charge in [-0.25, -0.2) is 4.39 Å². The number of amides is 1. The highest BCUT2D eigenvalue weighted by atomic mass is 32.2. The number of aromatic nitrogens is 3. The predicted molar refractivity (Wildman–Crippen MR) is 111 cm³/mol. The number of benzene rings is 2. The van der Waals surface area contributed by atoms with E-state index < -0.39 is 0 Å². The zero-order valence-electron chi connectivity index (χ0n) is 16.4. The molecule has 0 saturated heterocycles. The highest BCUT2D eigenvalue weighted by Crippen LogP contribution is 2.34. The second-order valence-electron chi connectivity index (χ2n) is 6.60. The van der Waals surface area contributed by atoms with Crippen molar-refractivity contribution in [2.45, 2.75) is 25.2 Å². The largest absolute Gasteiger partial charge is 0.486 e. The maximum Gasteiger partial charge on any atom is 0.230 e. The van der Waals surface area contributed by atoms with Gasteiger partial charge in [0.1, 0.15) is 19.0 Å². The number of carbonyl (C=O) groups excluding carboxylic acids is 1. The second-order valence-corrected chi connectivity index (χ2v) is 7.54. The predicted octanol–water partition coefficient (Wildman–Crippen LogP) is 3.28. The summed E-state index contributed by atoms with van der Waals surface area (Å²) in [6, 6.07) is 11.7. The van der Waals surface area contributed by atoms with Gasteiger partial charge in [-0.15, -0.1) is 10.2 Å². The molecule has 0 saturated carbocycles. The molecule has 156 valence electrons. The van der Waals surface area contributed by atoms with Gasteiger partial charge in [-0.2, -0.15) is 0 Å². The molecule has 0 unspecified atom stereocenters. The van der Waals surface area contributed by atoms with E-state index in [1.54, 1.807) is 12.1 Å². The highest BCUT2D eigenvalue weighted by molar-refractivity contribution is 7.99. The van der Waals surface area contributed by atoms with Crippen LogP contribution in [0.2, 0.25) is 0 Å². The molecule has 9 heteroatoms. The molecule has 4 rings (SSSR count). The number of thioether (sulfide) groups is 1. The van der Waals surface area contributed by atoms with Gasteiger partial charge in [0.25, 0.3) is 0 Å². The Bertz CT molecular complexity index is 1040. The van der Waals surface area contributed by atoms with Crippen LogP contribution in [0.25, 0.3) is 11.4 Å². The third-order valence-electron chi connectivity index (χ3n) is 4.57. The number of ether oxygens (including phenoxy) is 2. The van der Waals surface area contributed by atoms with E-state index in [2.05, 4.69) is 15.5 Å². The molecule has 1 amide bonds. The summed E-state index contributed by atoms with van der Waals surface area (Å²) in [6.07, 6.45) is 0. The Morgan fingerprint density at radius 3 is 2.67 bits per heavy atom. The summed E-state index contributed by atoms with van der Waals surface area (Å²) in [5.74, 6) is 1.91. The Hall–Kier alpha value is -3.07. The molecule has 0 spiro atoms. The van der Waals surface area contributed by atoms with Crippen LogP contribution in [-0.2, 0) is 17.9 Å². The van der Waals surface area contributed by atoms with E-state index in [0.29, 0.717) is 43.0 Å². The first-order valence-electron chi connectivity index (χ1n) is 9.61. The van der Waals surface area contributed by atoms with Gasteiger partial charge in [0.2, 0.25) is 5.91 Å². The molecular formula is C21H21FN4O3S. The molecule has 1 aliphatic heterocycles. The van der Waals surface area contributed by atoms with Gasteiger partial charge >= 0.3 is 0 Å². The molecule has 3 aromatic rings. The van der Waals surface area contributed by atoms with Gasteiger partial charge < -0.3 is 19.4 Å². The molecule has 7 nitrogen and oxygen atoms in total. The number of nitrogens with one attached hydrogen (secondary N) is 1. The Morgan fingerprint density at radius 1 is 1.13 bits per heavy atom. The van der Waals surface area contributed by atoms with Crippen LogP contribution >= 0.6 is 11.8 Å². The standard InChI is InChI=1S/C21H21FN4O3S/c1-2-26-20(15-5-8-17-18(11-15)29-10-9-28-17)24-25-21(26)30-13-19(27)23-12-14-3-6-16(22)7-4-14/h3-8,11H,2,9-10,12-13H2,1H3,(H,23,27). The number of hydrogen-bond acceptors (Lipinski definition) is 6. The van der Waals surface area contributed by atoms with E-state index in [1.165, 1.54) is 23.9 Å². The Kier molecular flexibility index (Phi) is 6.18. The van der Waals surface area contributed by atoms with Crippen LogP contribution < -0.4 is 14.8 Å². The summed E-state index contributed by atoms with van der Waals surface area (Å²) in [6.45, 7) is 4.08. The fraction of sp³-hybridized carbons (Fsp3) is 0.286. The average molecular weight is 428 g/mol. The minimum atomic E-state index is -0.298. The summed E-state index contributed by atoms with van der Waals surface area (Å²) in [4.78, 5) is 12.2. The second kappa shape index (κ2) is 9.17. The molecule has 0 atom stereocenters. The van der Waals surface area contributed by atoms with Crippen LogP contribution in [0.15, 0.2) is 47.6 Å². The van der Waals surface area contributed by atoms with Gasteiger partial charge in [-0.1, -0.05) is 23.9 Å². The topological polar surface area (TPSA) is 78.3 Å². The fourth-order valence-corrected chi connectivity index (χ4v) is 3.89. The van der Waals surface area contributed by atoms with Gasteiger partial charge in [-0.05, 0) is 42.8 Å². The number of halogens is 1. The van der Waals surface area contributed by atoms with Crippen LogP contribution in [0.3, 0.4) is 0 Å². The van der Waals surface area contributed by atoms with E-state index >= 15 is 0 Å². The lowest BCUT2D eigenvalue weighted by atomic mass is 10.2. The van der Waals surface area contributed by atoms with Crippen molar-refractivity contribution in [2.24, 2.45) is 0 Å². The van der Waals surface area contributed by atoms with Crippen LogP contribution in [-0.4, -0.2) is 39.6 Å². The lowest BCUT2D eigenvalue weighted by molar-refractivity contribution is -0.118. The summed E-state index contributed by atoms with van der Waals surface area (Å²) in [5, 5.41) is 12.1. The normalized spacial score (nSPS) is 12.6. The van der Waals surface area contributed by atoms with Crippen molar-refractivity contribution in [3.8, 4) is 22.9 Å². The smallest absolute Gasteiger partial charge is 0.230 e. The van der Waals surface area contributed by atoms with E-state index in [-0.39, 0.29) is 17.5 Å². The van der Waals surface area contributed by atoms with Crippen molar-refractivity contribution in [3.05, 3.63) is 53.8 Å². The summed E-state index contributed by atoms with van der Waals surface area (Å²) >= 11 is 1.32. The number of fused-ring (bicyclic) bond motifs is 1. The first kappa shape index (κ1) is 20.2. The fourth-order valence-electron chi connectivity index (χ4n) is 3.06. The summed E-state index contributed by atoms with van der Waals surface area (Å²) in [7, 11) is 0. The van der Waals surface area contributed by atoms with Crippen molar-refractivity contribution in [1.82, 2.24) is 20.1 Å². The third-order valence-corrected chi connectivity index (χ3v) is 5.54. The van der Waals surface area contributed by atoms with Crippen molar-refractivity contribution in [3.63, 3.8) is 0 Å². The lowest BCUT2D eigenvalue weighted by Gasteiger charge is -2.18. The van der Waals surface area contributed by atoms with Gasteiger partial charge in [0.05, 0.1) is 5.75 Å². The highest BCUT2D eigenvalue weighted by Gasteiger charge is 2.18. The van der Waals surface area contributed by atoms with E-state index in [0.717, 1.165) is 16.9 Å². The first-order valence-corrected chi connectivity index (χ1v) is 10.6. The number of carbonyl (C=O) groups is 1. The zero-order valence-corrected chi connectivity index (χ0v) is 17.2. The molecule has 0 aliphatic carbocycles. The van der Waals surface area contributed by atoms with Gasteiger partial charge in [0.15, 0.2) is 22.5 Å². The Balaban J connectivity index is 1.40. The zero-order chi connectivity index (χ0) is 20.9. The lowest BCUT2D eigenvalue weighted by Crippen LogP contribution is -2.24. The van der Waals surface area contributed by atoms with Crippen molar-refractivity contribution in [1.29, 1.82) is 0 Å². The Morgan fingerprint density at radius 2 is 1.90 bits per heavy atom. The molecule has 30 heavy (non-hydrogen) atoms. The molecule has 1 N–H and O–H groups in total. The monoisotopic (exact) mass is 428 g/mol. The minimum Gasteiger partial charge on any atom is -0.486 e.